The van der Waals surface area contributed by atoms with Crippen LogP contribution in [-0.2, 0) is 4.79 Å². The molecule has 4 heteroatoms. The smallest absolute Gasteiger partial charge is 0.227 e. The van der Waals surface area contributed by atoms with Gasteiger partial charge >= 0.3 is 0 Å². The molecule has 0 aromatic carbocycles. The summed E-state index contributed by atoms with van der Waals surface area (Å²) in [6, 6.07) is 1.71. The first-order chi connectivity index (χ1) is 6.79. The van der Waals surface area contributed by atoms with Crippen molar-refractivity contribution in [3.8, 4) is 0 Å². The quantitative estimate of drug-likeness (QED) is 0.713. The molecule has 1 saturated heterocycles. The third-order valence-electron chi connectivity index (χ3n) is 2.36. The van der Waals surface area contributed by atoms with Crippen LogP contribution in [0.2, 0.25) is 5.02 Å². The maximum atomic E-state index is 11.6. The van der Waals surface area contributed by atoms with Gasteiger partial charge in [-0.1, -0.05) is 11.6 Å². The van der Waals surface area contributed by atoms with Gasteiger partial charge in [-0.15, -0.1) is 0 Å². The summed E-state index contributed by atoms with van der Waals surface area (Å²) in [4.78, 5) is 17.3. The highest BCUT2D eigenvalue weighted by Gasteiger charge is 2.21. The van der Waals surface area contributed by atoms with Gasteiger partial charge in [0, 0.05) is 19.2 Å². The standard InChI is InChI=1S/C10H11ClN2O/c11-8-4-5-12-7-9(8)13-6-2-1-3-10(13)14/h4-5,7H,1-3,6H2. The predicted molar refractivity (Wildman–Crippen MR) is 55.5 cm³/mol. The van der Waals surface area contributed by atoms with E-state index in [1.165, 1.54) is 0 Å². The molecule has 1 aromatic rings. The van der Waals surface area contributed by atoms with E-state index in [0.717, 1.165) is 25.1 Å². The van der Waals surface area contributed by atoms with E-state index >= 15 is 0 Å². The minimum atomic E-state index is 0.145. The third-order valence-corrected chi connectivity index (χ3v) is 2.68. The molecule has 1 aromatic heterocycles. The SMILES string of the molecule is O=C1CCCCN1c1cnccc1Cl. The highest BCUT2D eigenvalue weighted by molar-refractivity contribution is 6.33. The summed E-state index contributed by atoms with van der Waals surface area (Å²) in [7, 11) is 0. The summed E-state index contributed by atoms with van der Waals surface area (Å²) in [6.45, 7) is 0.754. The van der Waals surface area contributed by atoms with E-state index in [1.54, 1.807) is 23.4 Å². The molecule has 0 spiro atoms. The number of hydrogen-bond donors (Lipinski definition) is 0. The first kappa shape index (κ1) is 9.46. The fourth-order valence-corrected chi connectivity index (χ4v) is 1.84. The van der Waals surface area contributed by atoms with E-state index in [-0.39, 0.29) is 5.91 Å². The zero-order valence-electron chi connectivity index (χ0n) is 7.74. The Morgan fingerprint density at radius 1 is 1.43 bits per heavy atom. The molecule has 1 aliphatic heterocycles. The topological polar surface area (TPSA) is 33.2 Å². The number of aromatic nitrogens is 1. The molecule has 3 nitrogen and oxygen atoms in total. The molecule has 74 valence electrons. The molecule has 2 rings (SSSR count). The van der Waals surface area contributed by atoms with Gasteiger partial charge in [0.1, 0.15) is 0 Å². The lowest BCUT2D eigenvalue weighted by Crippen LogP contribution is -2.35. The molecule has 1 amide bonds. The fourth-order valence-electron chi connectivity index (χ4n) is 1.63. The molecule has 0 atom stereocenters. The molecule has 14 heavy (non-hydrogen) atoms. The summed E-state index contributed by atoms with van der Waals surface area (Å²) < 4.78 is 0. The van der Waals surface area contributed by atoms with E-state index in [1.807, 2.05) is 0 Å². The minimum Gasteiger partial charge on any atom is -0.310 e. The number of piperidine rings is 1. The molecule has 0 bridgehead atoms. The Labute approximate surface area is 87.7 Å². The predicted octanol–water partition coefficient (Wildman–Crippen LogP) is 2.25. The number of hydrogen-bond acceptors (Lipinski definition) is 2. The summed E-state index contributed by atoms with van der Waals surface area (Å²) in [5.74, 6) is 0.145. The number of amides is 1. The molecule has 0 unspecified atom stereocenters. The van der Waals surface area contributed by atoms with Crippen LogP contribution >= 0.6 is 11.6 Å². The number of pyridine rings is 1. The average molecular weight is 211 g/mol. The molecule has 0 saturated carbocycles. The van der Waals surface area contributed by atoms with Crippen LogP contribution < -0.4 is 4.90 Å². The lowest BCUT2D eigenvalue weighted by molar-refractivity contribution is -0.119. The first-order valence-corrected chi connectivity index (χ1v) is 5.07. The van der Waals surface area contributed by atoms with Crippen molar-refractivity contribution < 1.29 is 4.79 Å². The summed E-state index contributed by atoms with van der Waals surface area (Å²) in [5, 5.41) is 0.593. The van der Waals surface area contributed by atoms with Crippen LogP contribution in [-0.4, -0.2) is 17.4 Å². The van der Waals surface area contributed by atoms with Crippen LogP contribution in [0.15, 0.2) is 18.5 Å². The number of nitrogens with zero attached hydrogens (tertiary/aromatic N) is 2. The normalized spacial score (nSPS) is 17.2. The Morgan fingerprint density at radius 3 is 3.00 bits per heavy atom. The van der Waals surface area contributed by atoms with E-state index < -0.39 is 0 Å². The van der Waals surface area contributed by atoms with Crippen molar-refractivity contribution in [3.63, 3.8) is 0 Å². The fraction of sp³-hybridized carbons (Fsp3) is 0.400. The van der Waals surface area contributed by atoms with Gasteiger partial charge in [-0.2, -0.15) is 0 Å². The van der Waals surface area contributed by atoms with Crippen molar-refractivity contribution in [1.29, 1.82) is 0 Å². The number of carbonyl (C=O) groups excluding carboxylic acids is 1. The molecule has 0 aliphatic carbocycles. The van der Waals surface area contributed by atoms with Crippen molar-refractivity contribution in [3.05, 3.63) is 23.5 Å². The van der Waals surface area contributed by atoms with Crippen LogP contribution in [0.25, 0.3) is 0 Å². The van der Waals surface area contributed by atoms with Gasteiger partial charge in [0.2, 0.25) is 5.91 Å². The molecule has 2 heterocycles. The van der Waals surface area contributed by atoms with E-state index in [9.17, 15) is 4.79 Å². The van der Waals surface area contributed by atoms with E-state index in [2.05, 4.69) is 4.98 Å². The summed E-state index contributed by atoms with van der Waals surface area (Å²) in [6.07, 6.45) is 5.90. The third kappa shape index (κ3) is 1.73. The highest BCUT2D eigenvalue weighted by atomic mass is 35.5. The van der Waals surface area contributed by atoms with Crippen LogP contribution in [0, 0.1) is 0 Å². The zero-order valence-corrected chi connectivity index (χ0v) is 8.50. The van der Waals surface area contributed by atoms with Crippen molar-refractivity contribution in [2.45, 2.75) is 19.3 Å². The van der Waals surface area contributed by atoms with Gasteiger partial charge in [0.15, 0.2) is 0 Å². The largest absolute Gasteiger partial charge is 0.310 e. The van der Waals surface area contributed by atoms with Crippen LogP contribution in [0.4, 0.5) is 5.69 Å². The van der Waals surface area contributed by atoms with Gasteiger partial charge in [0.25, 0.3) is 0 Å². The van der Waals surface area contributed by atoms with Crippen molar-refractivity contribution in [1.82, 2.24) is 4.98 Å². The van der Waals surface area contributed by atoms with Crippen LogP contribution in [0.1, 0.15) is 19.3 Å². The maximum Gasteiger partial charge on any atom is 0.227 e. The average Bonchev–Trinajstić information content (AvgIpc) is 2.20. The monoisotopic (exact) mass is 210 g/mol. The Bertz CT molecular complexity index is 354. The molecule has 1 fully saturated rings. The Hall–Kier alpha value is -1.09. The van der Waals surface area contributed by atoms with Gasteiger partial charge in [-0.05, 0) is 18.9 Å². The minimum absolute atomic E-state index is 0.145. The number of carbonyl (C=O) groups is 1. The van der Waals surface area contributed by atoms with Gasteiger partial charge in [0.05, 0.1) is 16.9 Å². The molecular weight excluding hydrogens is 200 g/mol. The number of halogens is 1. The van der Waals surface area contributed by atoms with Gasteiger partial charge in [-0.25, -0.2) is 0 Å². The van der Waals surface area contributed by atoms with Gasteiger partial charge in [-0.3, -0.25) is 9.78 Å². The maximum absolute atomic E-state index is 11.6. The Balaban J connectivity index is 2.29. The zero-order chi connectivity index (χ0) is 9.97. The van der Waals surface area contributed by atoms with E-state index in [0.29, 0.717) is 11.4 Å². The first-order valence-electron chi connectivity index (χ1n) is 4.69. The van der Waals surface area contributed by atoms with Crippen molar-refractivity contribution >= 4 is 23.2 Å². The summed E-state index contributed by atoms with van der Waals surface area (Å²) in [5.41, 5.74) is 0.735. The van der Waals surface area contributed by atoms with Crippen molar-refractivity contribution in [2.24, 2.45) is 0 Å². The molecule has 0 N–H and O–H groups in total. The van der Waals surface area contributed by atoms with Crippen LogP contribution in [0.3, 0.4) is 0 Å². The highest BCUT2D eigenvalue weighted by Crippen LogP contribution is 2.27. The summed E-state index contributed by atoms with van der Waals surface area (Å²) >= 11 is 5.99. The van der Waals surface area contributed by atoms with Gasteiger partial charge < -0.3 is 4.90 Å². The van der Waals surface area contributed by atoms with Crippen LogP contribution in [0.5, 0.6) is 0 Å². The molecular formula is C10H11ClN2O. The second-order valence-corrected chi connectivity index (χ2v) is 3.74. The number of rotatable bonds is 1. The lowest BCUT2D eigenvalue weighted by Gasteiger charge is -2.26. The number of anilines is 1. The van der Waals surface area contributed by atoms with E-state index in [4.69, 9.17) is 11.6 Å². The second kappa shape index (κ2) is 3.96. The lowest BCUT2D eigenvalue weighted by atomic mass is 10.1. The Morgan fingerprint density at radius 2 is 2.29 bits per heavy atom. The van der Waals surface area contributed by atoms with Crippen molar-refractivity contribution in [2.75, 3.05) is 11.4 Å². The molecule has 0 radical (unpaired) electrons. The second-order valence-electron chi connectivity index (χ2n) is 3.33. The molecule has 1 aliphatic rings. The Kier molecular flexibility index (Phi) is 2.68.